The number of fused-ring (bicyclic) bond motifs is 1. The number of aliphatic imine (C=N–C) groups is 1. The molecule has 0 saturated carbocycles. The van der Waals surface area contributed by atoms with Crippen molar-refractivity contribution in [1.29, 1.82) is 0 Å². The molecule has 0 radical (unpaired) electrons. The maximum Gasteiger partial charge on any atom is 0.138 e. The molecule has 1 aromatic rings. The van der Waals surface area contributed by atoms with Crippen LogP contribution in [0.4, 0.5) is 0 Å². The monoisotopic (exact) mass is 249 g/mol. The number of halogens is 1. The van der Waals surface area contributed by atoms with Crippen LogP contribution >= 0.6 is 23.4 Å². The Morgan fingerprint density at radius 1 is 1.25 bits per heavy atom. The summed E-state index contributed by atoms with van der Waals surface area (Å²) < 4.78 is 0. The van der Waals surface area contributed by atoms with Crippen LogP contribution in [0.1, 0.15) is 5.56 Å². The van der Waals surface area contributed by atoms with Gasteiger partial charge in [-0.1, -0.05) is 35.5 Å². The van der Waals surface area contributed by atoms with Crippen LogP contribution in [0.2, 0.25) is 5.02 Å². The highest BCUT2D eigenvalue weighted by Crippen LogP contribution is 2.26. The van der Waals surface area contributed by atoms with Crippen molar-refractivity contribution in [3.05, 3.63) is 34.9 Å². The van der Waals surface area contributed by atoms with Crippen LogP contribution in [0.3, 0.4) is 0 Å². The van der Waals surface area contributed by atoms with Gasteiger partial charge in [-0.15, -0.1) is 5.10 Å². The lowest BCUT2D eigenvalue weighted by Gasteiger charge is -1.99. The minimum atomic E-state index is 0.0762. The lowest BCUT2D eigenvalue weighted by Crippen LogP contribution is -2.06. The van der Waals surface area contributed by atoms with Crippen LogP contribution in [0.5, 0.6) is 0 Å². The van der Waals surface area contributed by atoms with Crippen LogP contribution < -0.4 is 0 Å². The van der Waals surface area contributed by atoms with E-state index >= 15 is 0 Å². The molecule has 5 heteroatoms. The van der Waals surface area contributed by atoms with Crippen LogP contribution in [0, 0.1) is 0 Å². The molecule has 16 heavy (non-hydrogen) atoms. The smallest absolute Gasteiger partial charge is 0.138 e. The predicted molar refractivity (Wildman–Crippen MR) is 69.9 cm³/mol. The first-order valence-corrected chi connectivity index (χ1v) is 6.11. The van der Waals surface area contributed by atoms with Crippen LogP contribution in [-0.2, 0) is 6.42 Å². The fourth-order valence-corrected chi connectivity index (χ4v) is 2.70. The van der Waals surface area contributed by atoms with E-state index in [1.165, 1.54) is 5.56 Å². The highest BCUT2D eigenvalue weighted by Gasteiger charge is 2.27. The Morgan fingerprint density at radius 2 is 2.06 bits per heavy atom. The summed E-state index contributed by atoms with van der Waals surface area (Å²) in [5, 5.41) is 10.7. The molecule has 0 fully saturated rings. The van der Waals surface area contributed by atoms with Crippen LogP contribution in [-0.4, -0.2) is 22.3 Å². The number of thioether (sulfide) groups is 1. The molecule has 2 heterocycles. The van der Waals surface area contributed by atoms with Gasteiger partial charge in [0.15, 0.2) is 0 Å². The maximum atomic E-state index is 5.83. The third-order valence-electron chi connectivity index (χ3n) is 2.39. The molecular weight excluding hydrogens is 242 g/mol. The molecule has 1 unspecified atom stereocenters. The second kappa shape index (κ2) is 4.03. The Balaban J connectivity index is 1.75. The zero-order valence-corrected chi connectivity index (χ0v) is 9.87. The zero-order chi connectivity index (χ0) is 11.0. The second-order valence-electron chi connectivity index (χ2n) is 3.58. The van der Waals surface area contributed by atoms with E-state index in [1.807, 2.05) is 24.3 Å². The number of nitrogens with zero attached hydrogens (tertiary/aromatic N) is 3. The molecular formula is C11H8ClN3S. The molecule has 2 aliphatic rings. The Hall–Kier alpha value is -1.13. The molecule has 0 aromatic heterocycles. The molecule has 3 rings (SSSR count). The van der Waals surface area contributed by atoms with E-state index in [-0.39, 0.29) is 6.04 Å². The molecule has 1 atom stereocenters. The molecule has 0 bridgehead atoms. The summed E-state index contributed by atoms with van der Waals surface area (Å²) in [6.07, 6.45) is 2.61. The van der Waals surface area contributed by atoms with E-state index in [1.54, 1.807) is 18.0 Å². The number of hydrogen-bond acceptors (Lipinski definition) is 4. The SMILES string of the molecule is Clc1ccc(CC2=NC3C=NN=C3S2)cc1. The lowest BCUT2D eigenvalue weighted by molar-refractivity contribution is 1.19. The van der Waals surface area contributed by atoms with Crippen molar-refractivity contribution in [2.45, 2.75) is 12.5 Å². The summed E-state index contributed by atoms with van der Waals surface area (Å²) in [6.45, 7) is 0. The molecule has 80 valence electrons. The number of benzene rings is 1. The van der Waals surface area contributed by atoms with Gasteiger partial charge >= 0.3 is 0 Å². The Labute approximate surface area is 102 Å². The molecule has 1 aromatic carbocycles. The quantitative estimate of drug-likeness (QED) is 0.794. The summed E-state index contributed by atoms with van der Waals surface area (Å²) in [4.78, 5) is 4.53. The van der Waals surface area contributed by atoms with Crippen molar-refractivity contribution in [2.75, 3.05) is 0 Å². The average molecular weight is 250 g/mol. The minimum absolute atomic E-state index is 0.0762. The third-order valence-corrected chi connectivity index (χ3v) is 3.66. The van der Waals surface area contributed by atoms with E-state index in [0.717, 1.165) is 21.5 Å². The van der Waals surface area contributed by atoms with Crippen molar-refractivity contribution in [3.8, 4) is 0 Å². The molecule has 0 saturated heterocycles. The predicted octanol–water partition coefficient (Wildman–Crippen LogP) is 2.79. The largest absolute Gasteiger partial charge is 0.266 e. The Morgan fingerprint density at radius 3 is 2.81 bits per heavy atom. The Bertz CT molecular complexity index is 504. The van der Waals surface area contributed by atoms with Crippen molar-refractivity contribution < 1.29 is 0 Å². The van der Waals surface area contributed by atoms with Gasteiger partial charge in [-0.25, -0.2) is 0 Å². The first-order valence-electron chi connectivity index (χ1n) is 4.91. The van der Waals surface area contributed by atoms with E-state index in [9.17, 15) is 0 Å². The first-order chi connectivity index (χ1) is 7.81. The lowest BCUT2D eigenvalue weighted by atomic mass is 10.2. The Kier molecular flexibility index (Phi) is 2.53. The van der Waals surface area contributed by atoms with Gasteiger partial charge in [0.25, 0.3) is 0 Å². The van der Waals surface area contributed by atoms with E-state index in [4.69, 9.17) is 11.6 Å². The van der Waals surface area contributed by atoms with E-state index in [2.05, 4.69) is 15.2 Å². The molecule has 0 N–H and O–H groups in total. The van der Waals surface area contributed by atoms with Gasteiger partial charge in [-0.2, -0.15) is 5.10 Å². The fraction of sp³-hybridized carbons (Fsp3) is 0.182. The number of hydrogen-bond donors (Lipinski definition) is 0. The maximum absolute atomic E-state index is 5.83. The van der Waals surface area contributed by atoms with E-state index in [0.29, 0.717) is 0 Å². The molecule has 0 spiro atoms. The van der Waals surface area contributed by atoms with Gasteiger partial charge in [-0.05, 0) is 17.7 Å². The van der Waals surface area contributed by atoms with Gasteiger partial charge in [0, 0.05) is 11.4 Å². The third kappa shape index (κ3) is 1.90. The molecule has 3 nitrogen and oxygen atoms in total. The first kappa shape index (κ1) is 10.1. The van der Waals surface area contributed by atoms with E-state index < -0.39 is 0 Å². The second-order valence-corrected chi connectivity index (χ2v) is 5.11. The molecule has 0 aliphatic carbocycles. The van der Waals surface area contributed by atoms with Gasteiger partial charge in [-0.3, -0.25) is 4.99 Å². The normalized spacial score (nSPS) is 21.9. The summed E-state index contributed by atoms with van der Waals surface area (Å²) >= 11 is 7.46. The van der Waals surface area contributed by atoms with Crippen molar-refractivity contribution in [1.82, 2.24) is 0 Å². The van der Waals surface area contributed by atoms with Crippen molar-refractivity contribution >= 4 is 39.7 Å². The van der Waals surface area contributed by atoms with Gasteiger partial charge in [0.1, 0.15) is 11.1 Å². The van der Waals surface area contributed by atoms with Gasteiger partial charge in [0.05, 0.1) is 11.3 Å². The van der Waals surface area contributed by atoms with Crippen molar-refractivity contribution in [3.63, 3.8) is 0 Å². The average Bonchev–Trinajstić information content (AvgIpc) is 2.81. The van der Waals surface area contributed by atoms with Crippen LogP contribution in [0.15, 0.2) is 39.5 Å². The summed E-state index contributed by atoms with van der Waals surface area (Å²) in [6, 6.07) is 7.92. The van der Waals surface area contributed by atoms with Gasteiger partial charge in [0.2, 0.25) is 0 Å². The summed E-state index contributed by atoms with van der Waals surface area (Å²) in [5.74, 6) is 0. The van der Waals surface area contributed by atoms with Crippen LogP contribution in [0.25, 0.3) is 0 Å². The summed E-state index contributed by atoms with van der Waals surface area (Å²) in [7, 11) is 0. The van der Waals surface area contributed by atoms with Crippen molar-refractivity contribution in [2.24, 2.45) is 15.2 Å². The summed E-state index contributed by atoms with van der Waals surface area (Å²) in [5.41, 5.74) is 1.22. The standard InChI is InChI=1S/C11H8ClN3S/c12-8-3-1-7(2-4-8)5-10-14-9-6-13-15-11(9)16-10/h1-4,6,9H,5H2. The topological polar surface area (TPSA) is 37.1 Å². The molecule has 0 amide bonds. The highest BCUT2D eigenvalue weighted by atomic mass is 35.5. The fourth-order valence-electron chi connectivity index (χ4n) is 1.61. The highest BCUT2D eigenvalue weighted by molar-refractivity contribution is 8.27. The molecule has 2 aliphatic heterocycles. The van der Waals surface area contributed by atoms with Gasteiger partial charge < -0.3 is 0 Å². The zero-order valence-electron chi connectivity index (χ0n) is 8.30. The minimum Gasteiger partial charge on any atom is -0.266 e. The number of rotatable bonds is 2.